The van der Waals surface area contributed by atoms with Crippen LogP contribution in [0.15, 0.2) is 16.8 Å². The molecule has 0 aliphatic heterocycles. The highest BCUT2D eigenvalue weighted by Crippen LogP contribution is 2.16. The maximum Gasteiger partial charge on any atom is 0.309 e. The van der Waals surface area contributed by atoms with Gasteiger partial charge in [-0.05, 0) is 13.8 Å². The summed E-state index contributed by atoms with van der Waals surface area (Å²) in [5, 5.41) is 20.8. The lowest BCUT2D eigenvalue weighted by Crippen LogP contribution is -2.15. The van der Waals surface area contributed by atoms with Crippen LogP contribution in [0.5, 0.6) is 0 Å². The first-order valence-corrected chi connectivity index (χ1v) is 5.87. The van der Waals surface area contributed by atoms with Gasteiger partial charge >= 0.3 is 5.69 Å². The van der Waals surface area contributed by atoms with E-state index in [-0.39, 0.29) is 24.6 Å². The average molecular weight is 279 g/mol. The lowest BCUT2D eigenvalue weighted by Gasteiger charge is -2.03. The smallest absolute Gasteiger partial charge is 0.309 e. The van der Waals surface area contributed by atoms with E-state index < -0.39 is 4.92 Å². The Bertz CT molecular complexity index is 645. The van der Waals surface area contributed by atoms with Gasteiger partial charge in [-0.25, -0.2) is 0 Å². The zero-order chi connectivity index (χ0) is 14.7. The lowest BCUT2D eigenvalue weighted by atomic mass is 10.3. The summed E-state index contributed by atoms with van der Waals surface area (Å²) in [6.07, 6.45) is 1.31. The number of anilines is 1. The quantitative estimate of drug-likeness (QED) is 0.653. The minimum absolute atomic E-state index is 0.0578. The number of nitrogens with one attached hydrogen (secondary N) is 1. The number of aryl methyl sites for hydroxylation is 2. The second-order valence-electron chi connectivity index (χ2n) is 4.22. The molecule has 2 aromatic rings. The molecular weight excluding hydrogens is 266 g/mol. The van der Waals surface area contributed by atoms with E-state index in [9.17, 15) is 14.9 Å². The van der Waals surface area contributed by atoms with E-state index >= 15 is 0 Å². The van der Waals surface area contributed by atoms with Crippen molar-refractivity contribution in [2.45, 2.75) is 26.8 Å². The van der Waals surface area contributed by atoms with Gasteiger partial charge in [-0.1, -0.05) is 5.16 Å². The molecule has 0 aliphatic carbocycles. The van der Waals surface area contributed by atoms with E-state index in [0.717, 1.165) is 0 Å². The Morgan fingerprint density at radius 1 is 1.55 bits per heavy atom. The van der Waals surface area contributed by atoms with E-state index in [2.05, 4.69) is 15.6 Å². The molecule has 106 valence electrons. The van der Waals surface area contributed by atoms with Gasteiger partial charge in [0.05, 0.1) is 11.5 Å². The van der Waals surface area contributed by atoms with Gasteiger partial charge in [0.15, 0.2) is 5.82 Å². The molecule has 1 amide bonds. The van der Waals surface area contributed by atoms with E-state index in [1.165, 1.54) is 10.9 Å². The minimum atomic E-state index is -0.503. The first-order valence-electron chi connectivity index (χ1n) is 5.87. The average Bonchev–Trinajstić information content (AvgIpc) is 2.93. The standard InChI is InChI=1S/C11H13N5O4/c1-7-5-10(14-20-7)13-11(17)3-4-15-8(2)9(6-12-15)16(18)19/h5-6H,3-4H2,1-2H3,(H,13,14,17). The Balaban J connectivity index is 1.92. The molecule has 0 saturated carbocycles. The fourth-order valence-corrected chi connectivity index (χ4v) is 1.68. The molecular formula is C11H13N5O4. The second kappa shape index (κ2) is 5.51. The number of rotatable bonds is 5. The molecule has 2 rings (SSSR count). The Morgan fingerprint density at radius 2 is 2.30 bits per heavy atom. The zero-order valence-electron chi connectivity index (χ0n) is 11.0. The van der Waals surface area contributed by atoms with Crippen molar-refractivity contribution in [1.82, 2.24) is 14.9 Å². The highest BCUT2D eigenvalue weighted by molar-refractivity contribution is 5.89. The van der Waals surface area contributed by atoms with Crippen LogP contribution in [0, 0.1) is 24.0 Å². The summed E-state index contributed by atoms with van der Waals surface area (Å²) in [5.74, 6) is 0.672. The highest BCUT2D eigenvalue weighted by atomic mass is 16.6. The summed E-state index contributed by atoms with van der Waals surface area (Å²) in [6, 6.07) is 1.60. The van der Waals surface area contributed by atoms with Crippen molar-refractivity contribution < 1.29 is 14.2 Å². The van der Waals surface area contributed by atoms with Crippen molar-refractivity contribution in [1.29, 1.82) is 0 Å². The molecule has 0 saturated heterocycles. The van der Waals surface area contributed by atoms with E-state index in [1.54, 1.807) is 19.9 Å². The van der Waals surface area contributed by atoms with Crippen molar-refractivity contribution in [2.24, 2.45) is 0 Å². The fourth-order valence-electron chi connectivity index (χ4n) is 1.68. The number of carbonyl (C=O) groups excluding carboxylic acids is 1. The van der Waals surface area contributed by atoms with Crippen LogP contribution in [0.2, 0.25) is 0 Å². The molecule has 2 aromatic heterocycles. The SMILES string of the molecule is Cc1cc(NC(=O)CCn2ncc([N+](=O)[O-])c2C)no1. The number of carbonyl (C=O) groups is 1. The predicted molar refractivity (Wildman–Crippen MR) is 68.1 cm³/mol. The van der Waals surface area contributed by atoms with Crippen LogP contribution in [0.3, 0.4) is 0 Å². The fraction of sp³-hybridized carbons (Fsp3) is 0.364. The lowest BCUT2D eigenvalue weighted by molar-refractivity contribution is -0.385. The van der Waals surface area contributed by atoms with Gasteiger partial charge in [-0.3, -0.25) is 19.6 Å². The van der Waals surface area contributed by atoms with E-state index in [0.29, 0.717) is 17.3 Å². The number of aromatic nitrogens is 3. The van der Waals surface area contributed by atoms with Gasteiger partial charge in [0.1, 0.15) is 17.7 Å². The van der Waals surface area contributed by atoms with Crippen LogP contribution in [-0.2, 0) is 11.3 Å². The third kappa shape index (κ3) is 2.99. The summed E-state index contributed by atoms with van der Waals surface area (Å²) in [7, 11) is 0. The molecule has 0 fully saturated rings. The summed E-state index contributed by atoms with van der Waals surface area (Å²) in [6.45, 7) is 3.56. The summed E-state index contributed by atoms with van der Waals surface area (Å²) in [4.78, 5) is 21.8. The molecule has 0 radical (unpaired) electrons. The molecule has 1 N–H and O–H groups in total. The second-order valence-corrected chi connectivity index (χ2v) is 4.22. The van der Waals surface area contributed by atoms with Gasteiger partial charge in [-0.15, -0.1) is 0 Å². The maximum atomic E-state index is 11.7. The minimum Gasteiger partial charge on any atom is -0.360 e. The Morgan fingerprint density at radius 3 is 2.85 bits per heavy atom. The van der Waals surface area contributed by atoms with Gasteiger partial charge in [0, 0.05) is 12.5 Å². The molecule has 0 atom stereocenters. The first-order chi connectivity index (χ1) is 9.47. The monoisotopic (exact) mass is 279 g/mol. The molecule has 0 bridgehead atoms. The molecule has 0 aromatic carbocycles. The van der Waals surface area contributed by atoms with Crippen molar-refractivity contribution in [3.8, 4) is 0 Å². The van der Waals surface area contributed by atoms with Crippen LogP contribution >= 0.6 is 0 Å². The molecule has 9 nitrogen and oxygen atoms in total. The number of hydrogen-bond donors (Lipinski definition) is 1. The number of amides is 1. The Labute approximate surface area is 113 Å². The van der Waals surface area contributed by atoms with Crippen molar-refractivity contribution in [3.05, 3.63) is 33.8 Å². The van der Waals surface area contributed by atoms with Gasteiger partial charge < -0.3 is 9.84 Å². The summed E-state index contributed by atoms with van der Waals surface area (Å²) < 4.78 is 6.24. The molecule has 0 unspecified atom stereocenters. The first kappa shape index (κ1) is 13.7. The summed E-state index contributed by atoms with van der Waals surface area (Å²) >= 11 is 0. The van der Waals surface area contributed by atoms with Crippen molar-refractivity contribution >= 4 is 17.4 Å². The van der Waals surface area contributed by atoms with Crippen LogP contribution in [0.4, 0.5) is 11.5 Å². The molecule has 2 heterocycles. The van der Waals surface area contributed by atoms with Crippen molar-refractivity contribution in [3.63, 3.8) is 0 Å². The summed E-state index contributed by atoms with van der Waals surface area (Å²) in [5.41, 5.74) is 0.359. The number of hydrogen-bond acceptors (Lipinski definition) is 6. The third-order valence-corrected chi connectivity index (χ3v) is 2.72. The molecule has 0 aliphatic rings. The highest BCUT2D eigenvalue weighted by Gasteiger charge is 2.16. The van der Waals surface area contributed by atoms with Crippen molar-refractivity contribution in [2.75, 3.05) is 5.32 Å². The Hall–Kier alpha value is -2.71. The van der Waals surface area contributed by atoms with E-state index in [1.807, 2.05) is 0 Å². The number of nitro groups is 1. The van der Waals surface area contributed by atoms with Crippen LogP contribution in [-0.4, -0.2) is 25.8 Å². The zero-order valence-corrected chi connectivity index (χ0v) is 11.0. The number of nitrogens with zero attached hydrogens (tertiary/aromatic N) is 4. The van der Waals surface area contributed by atoms with E-state index in [4.69, 9.17) is 4.52 Å². The molecule has 20 heavy (non-hydrogen) atoms. The van der Waals surface area contributed by atoms with Gasteiger partial charge in [-0.2, -0.15) is 5.10 Å². The van der Waals surface area contributed by atoms with Gasteiger partial charge in [0.25, 0.3) is 0 Å². The van der Waals surface area contributed by atoms with Crippen LogP contribution in [0.25, 0.3) is 0 Å². The van der Waals surface area contributed by atoms with Crippen LogP contribution in [0.1, 0.15) is 17.9 Å². The largest absolute Gasteiger partial charge is 0.360 e. The predicted octanol–water partition coefficient (Wildman–Crippen LogP) is 1.42. The maximum absolute atomic E-state index is 11.7. The van der Waals surface area contributed by atoms with Crippen LogP contribution < -0.4 is 5.32 Å². The molecule has 0 spiro atoms. The molecule has 9 heteroatoms. The van der Waals surface area contributed by atoms with Gasteiger partial charge in [0.2, 0.25) is 5.91 Å². The topological polar surface area (TPSA) is 116 Å². The Kier molecular flexibility index (Phi) is 3.78. The third-order valence-electron chi connectivity index (χ3n) is 2.72. The normalized spacial score (nSPS) is 10.5.